The van der Waals surface area contributed by atoms with Crippen molar-refractivity contribution in [1.29, 1.82) is 0 Å². The Kier molecular flexibility index (Phi) is 7.09. The van der Waals surface area contributed by atoms with Crippen molar-refractivity contribution in [1.82, 2.24) is 34.4 Å². The Morgan fingerprint density at radius 3 is 2.83 bits per heavy atom. The fraction of sp³-hybridized carbons (Fsp3) is 0.367. The Morgan fingerprint density at radius 2 is 2.02 bits per heavy atom. The van der Waals surface area contributed by atoms with Gasteiger partial charge in [0, 0.05) is 35.1 Å². The predicted molar refractivity (Wildman–Crippen MR) is 163 cm³/mol. The molecule has 1 saturated carbocycles. The maximum absolute atomic E-state index is 14.2. The first-order chi connectivity index (χ1) is 20.1. The third-order valence-corrected chi connectivity index (χ3v) is 11.0. The van der Waals surface area contributed by atoms with Gasteiger partial charge in [-0.2, -0.15) is 5.10 Å². The second-order valence-corrected chi connectivity index (χ2v) is 13.1. The summed E-state index contributed by atoms with van der Waals surface area (Å²) in [7, 11) is 0. The maximum atomic E-state index is 14.2. The van der Waals surface area contributed by atoms with E-state index >= 15 is 0 Å². The van der Waals surface area contributed by atoms with Crippen molar-refractivity contribution in [3.8, 4) is 11.3 Å². The maximum Gasteiger partial charge on any atom is 0.239 e. The molecule has 2 fully saturated rings. The average molecular weight is 585 g/mol. The Bertz CT molecular complexity index is 1640. The second-order valence-electron chi connectivity index (χ2n) is 11.1. The van der Waals surface area contributed by atoms with Crippen LogP contribution in [0.3, 0.4) is 0 Å². The minimum absolute atomic E-state index is 0.0185. The van der Waals surface area contributed by atoms with Crippen molar-refractivity contribution < 1.29 is 4.79 Å². The van der Waals surface area contributed by atoms with Crippen LogP contribution in [0.4, 0.5) is 5.69 Å². The molecule has 41 heavy (non-hydrogen) atoms. The lowest BCUT2D eigenvalue weighted by Gasteiger charge is -2.40. The van der Waals surface area contributed by atoms with Gasteiger partial charge >= 0.3 is 0 Å². The van der Waals surface area contributed by atoms with Crippen molar-refractivity contribution >= 4 is 39.7 Å². The molecule has 0 radical (unpaired) electrons. The number of imidazole rings is 1. The van der Waals surface area contributed by atoms with Gasteiger partial charge in [-0.1, -0.05) is 43.5 Å². The van der Waals surface area contributed by atoms with Crippen molar-refractivity contribution in [3.63, 3.8) is 0 Å². The van der Waals surface area contributed by atoms with Crippen LogP contribution in [0.25, 0.3) is 16.2 Å². The topological polar surface area (TPSA) is 102 Å². The molecule has 0 bridgehead atoms. The van der Waals surface area contributed by atoms with Gasteiger partial charge in [0.15, 0.2) is 4.96 Å². The predicted octanol–water partition coefficient (Wildman–Crippen LogP) is 5.78. The fourth-order valence-electron chi connectivity index (χ4n) is 6.30. The molecule has 7 rings (SSSR count). The van der Waals surface area contributed by atoms with Crippen LogP contribution in [-0.2, 0) is 11.3 Å². The van der Waals surface area contributed by atoms with Crippen LogP contribution in [0.1, 0.15) is 55.7 Å². The molecule has 0 spiro atoms. The van der Waals surface area contributed by atoms with E-state index in [1.807, 2.05) is 42.7 Å². The van der Waals surface area contributed by atoms with Gasteiger partial charge in [-0.15, -0.1) is 23.1 Å². The number of anilines is 1. The first-order valence-electron chi connectivity index (χ1n) is 14.1. The largest absolute Gasteiger partial charge is 0.324 e. The van der Waals surface area contributed by atoms with E-state index in [1.54, 1.807) is 40.3 Å². The lowest BCUT2D eigenvalue weighted by atomic mass is 9.73. The number of pyridine rings is 1. The second kappa shape index (κ2) is 11.0. The minimum atomic E-state index is -0.322. The van der Waals surface area contributed by atoms with Crippen LogP contribution in [0.2, 0.25) is 0 Å². The van der Waals surface area contributed by atoms with Crippen LogP contribution < -0.4 is 10.6 Å². The number of thiazole rings is 1. The number of hydrogen-bond donors (Lipinski definition) is 2. The van der Waals surface area contributed by atoms with Gasteiger partial charge in [0.1, 0.15) is 17.9 Å². The summed E-state index contributed by atoms with van der Waals surface area (Å²) in [6.45, 7) is 2.86. The molecule has 4 aromatic heterocycles. The SMILES string of the molecule is CC1(C2CCCCC2)NC(c2cccnc2)SC1C(=O)Nc1ccccc1-c1cn2c(Cn3cncn3)csc2n1. The Morgan fingerprint density at radius 1 is 1.15 bits per heavy atom. The van der Waals surface area contributed by atoms with E-state index in [0.29, 0.717) is 12.5 Å². The zero-order valence-electron chi connectivity index (χ0n) is 22.8. The zero-order chi connectivity index (χ0) is 27.8. The lowest BCUT2D eigenvalue weighted by molar-refractivity contribution is -0.117. The number of nitrogens with one attached hydrogen (secondary N) is 2. The number of nitrogens with zero attached hydrogens (tertiary/aromatic N) is 6. The summed E-state index contributed by atoms with van der Waals surface area (Å²) in [6.07, 6.45) is 15.0. The van der Waals surface area contributed by atoms with Crippen LogP contribution in [0.15, 0.2) is 73.0 Å². The molecule has 1 aliphatic carbocycles. The van der Waals surface area contributed by atoms with Gasteiger partial charge in [0.25, 0.3) is 0 Å². The molecule has 1 saturated heterocycles. The summed E-state index contributed by atoms with van der Waals surface area (Å²) in [5.41, 5.74) is 4.37. The van der Waals surface area contributed by atoms with Crippen LogP contribution in [-0.4, -0.2) is 45.8 Å². The van der Waals surface area contributed by atoms with Crippen LogP contribution >= 0.6 is 23.1 Å². The minimum Gasteiger partial charge on any atom is -0.324 e. The molecule has 2 aliphatic rings. The van der Waals surface area contributed by atoms with Gasteiger partial charge in [0.2, 0.25) is 5.91 Å². The fourth-order valence-corrected chi connectivity index (χ4v) is 8.78. The van der Waals surface area contributed by atoms with E-state index in [2.05, 4.69) is 48.5 Å². The highest BCUT2D eigenvalue weighted by atomic mass is 32.2. The number of aromatic nitrogens is 6. The molecule has 1 aromatic carbocycles. The van der Waals surface area contributed by atoms with Crippen molar-refractivity contribution in [3.05, 3.63) is 84.3 Å². The van der Waals surface area contributed by atoms with Gasteiger partial charge in [-0.3, -0.25) is 19.5 Å². The number of rotatable bonds is 7. The van der Waals surface area contributed by atoms with Crippen LogP contribution in [0.5, 0.6) is 0 Å². The first-order valence-corrected chi connectivity index (χ1v) is 15.9. The number of benzene rings is 1. The summed E-state index contributed by atoms with van der Waals surface area (Å²) < 4.78 is 3.89. The smallest absolute Gasteiger partial charge is 0.239 e. The van der Waals surface area contributed by atoms with E-state index in [9.17, 15) is 4.79 Å². The van der Waals surface area contributed by atoms with E-state index in [1.165, 1.54) is 25.6 Å². The van der Waals surface area contributed by atoms with Gasteiger partial charge in [-0.05, 0) is 43.4 Å². The number of carbonyl (C=O) groups is 1. The molecule has 11 heteroatoms. The van der Waals surface area contributed by atoms with E-state index in [4.69, 9.17) is 4.98 Å². The molecule has 2 N–H and O–H groups in total. The summed E-state index contributed by atoms with van der Waals surface area (Å²) in [5, 5.41) is 13.3. The number of para-hydroxylation sites is 1. The highest BCUT2D eigenvalue weighted by Crippen LogP contribution is 2.50. The average Bonchev–Trinajstić information content (AvgIpc) is 3.80. The van der Waals surface area contributed by atoms with E-state index in [0.717, 1.165) is 46.0 Å². The molecule has 1 amide bonds. The lowest BCUT2D eigenvalue weighted by Crippen LogP contribution is -2.55. The molecule has 9 nitrogen and oxygen atoms in total. The van der Waals surface area contributed by atoms with E-state index in [-0.39, 0.29) is 22.1 Å². The highest BCUT2D eigenvalue weighted by Gasteiger charge is 2.52. The molecule has 5 heterocycles. The first kappa shape index (κ1) is 26.4. The van der Waals surface area contributed by atoms with Crippen molar-refractivity contribution in [2.75, 3.05) is 5.32 Å². The summed E-state index contributed by atoms with van der Waals surface area (Å²) in [4.78, 5) is 28.4. The van der Waals surface area contributed by atoms with Gasteiger partial charge in [0.05, 0.1) is 29.0 Å². The monoisotopic (exact) mass is 584 g/mol. The van der Waals surface area contributed by atoms with E-state index < -0.39 is 0 Å². The number of fused-ring (bicyclic) bond motifs is 1. The number of carbonyl (C=O) groups excluding carboxylic acids is 1. The Balaban J connectivity index is 1.17. The van der Waals surface area contributed by atoms with Gasteiger partial charge < -0.3 is 5.32 Å². The zero-order valence-corrected chi connectivity index (χ0v) is 24.4. The standard InChI is InChI=1S/C30H32N8OS2/c1-30(21-9-3-2-4-10-21)26(41-28(36-30)20-8-7-13-31-14-20)27(39)34-24-12-6-5-11-23(24)25-16-38-22(17-40-29(38)35-25)15-37-19-32-18-33-37/h5-8,11-14,16-19,21,26,28,36H,2-4,9-10,15H2,1H3,(H,34,39). The molecular formula is C30H32N8OS2. The Labute approximate surface area is 246 Å². The molecular weight excluding hydrogens is 553 g/mol. The number of thioether (sulfide) groups is 1. The number of amides is 1. The molecule has 5 aromatic rings. The third kappa shape index (κ3) is 5.06. The van der Waals surface area contributed by atoms with Crippen LogP contribution in [0, 0.1) is 5.92 Å². The van der Waals surface area contributed by atoms with Gasteiger partial charge in [-0.25, -0.2) is 14.6 Å². The normalized spacial score (nSPS) is 23.2. The number of hydrogen-bond acceptors (Lipinski definition) is 8. The molecule has 1 aliphatic heterocycles. The molecule has 3 unspecified atom stereocenters. The quantitative estimate of drug-likeness (QED) is 0.250. The third-order valence-electron chi connectivity index (χ3n) is 8.47. The summed E-state index contributed by atoms with van der Waals surface area (Å²) in [6, 6.07) is 12.0. The summed E-state index contributed by atoms with van der Waals surface area (Å²) in [5.74, 6) is 0.474. The van der Waals surface area contributed by atoms with Crippen molar-refractivity contribution in [2.45, 2.75) is 61.7 Å². The summed E-state index contributed by atoms with van der Waals surface area (Å²) >= 11 is 3.30. The highest BCUT2D eigenvalue weighted by molar-refractivity contribution is 8.01. The molecule has 3 atom stereocenters. The Hall–Kier alpha value is -3.54. The molecule has 210 valence electrons. The van der Waals surface area contributed by atoms with Crippen molar-refractivity contribution in [2.24, 2.45) is 5.92 Å².